The molecule has 0 N–H and O–H groups in total. The van der Waals surface area contributed by atoms with Crippen LogP contribution in [-0.4, -0.2) is 30.5 Å². The zero-order chi connectivity index (χ0) is 22.2. The first-order valence-electron chi connectivity index (χ1n) is 9.61. The molecule has 0 unspecified atom stereocenters. The molecule has 0 saturated heterocycles. The van der Waals surface area contributed by atoms with Gasteiger partial charge in [0, 0.05) is 13.1 Å². The number of thioether (sulfide) groups is 1. The summed E-state index contributed by atoms with van der Waals surface area (Å²) in [6.07, 6.45) is 1.97. The van der Waals surface area contributed by atoms with Gasteiger partial charge in [-0.2, -0.15) is 0 Å². The fourth-order valence-corrected chi connectivity index (χ4v) is 3.76. The number of rotatable bonds is 7. The first-order chi connectivity index (χ1) is 15.0. The van der Waals surface area contributed by atoms with E-state index in [1.807, 2.05) is 54.8 Å². The number of hydrogen-bond acceptors (Lipinski definition) is 4. The van der Waals surface area contributed by atoms with E-state index in [2.05, 4.69) is 4.90 Å². The van der Waals surface area contributed by atoms with Crippen LogP contribution < -0.4 is 9.47 Å². The van der Waals surface area contributed by atoms with Crippen molar-refractivity contribution in [2.24, 2.45) is 4.99 Å². The molecule has 4 nitrogen and oxygen atoms in total. The van der Waals surface area contributed by atoms with E-state index in [-0.39, 0.29) is 5.02 Å². The summed E-state index contributed by atoms with van der Waals surface area (Å²) in [5.74, 6) is 1.16. The maximum Gasteiger partial charge on any atom is 0.164 e. The number of hydrogen-bond donors (Lipinski definition) is 0. The monoisotopic (exact) mass is 458 g/mol. The normalized spacial score (nSPS) is 11.3. The lowest BCUT2D eigenvalue weighted by Crippen LogP contribution is -2.27. The number of methoxy groups -OCH3 is 2. The molecular formula is C24H24ClFN2O2S. The fraction of sp³-hybridized carbons (Fsp3) is 0.208. The van der Waals surface area contributed by atoms with Gasteiger partial charge in [-0.25, -0.2) is 9.38 Å². The molecule has 0 atom stereocenters. The number of ether oxygens (including phenoxy) is 2. The molecule has 0 fully saturated rings. The van der Waals surface area contributed by atoms with Crippen LogP contribution in [0.5, 0.6) is 11.5 Å². The lowest BCUT2D eigenvalue weighted by Gasteiger charge is -2.26. The Hall–Kier alpha value is -2.70. The molecule has 3 aromatic carbocycles. The smallest absolute Gasteiger partial charge is 0.164 e. The topological polar surface area (TPSA) is 34.1 Å². The molecule has 0 bridgehead atoms. The molecule has 0 aliphatic rings. The Morgan fingerprint density at radius 2 is 1.42 bits per heavy atom. The van der Waals surface area contributed by atoms with Gasteiger partial charge in [-0.05, 0) is 59.8 Å². The molecule has 0 heterocycles. The zero-order valence-electron chi connectivity index (χ0n) is 17.6. The van der Waals surface area contributed by atoms with Gasteiger partial charge in [0.25, 0.3) is 0 Å². The van der Waals surface area contributed by atoms with Crippen LogP contribution >= 0.6 is 23.4 Å². The fourth-order valence-electron chi connectivity index (χ4n) is 3.00. The van der Waals surface area contributed by atoms with Gasteiger partial charge < -0.3 is 14.4 Å². The summed E-state index contributed by atoms with van der Waals surface area (Å²) in [6.45, 7) is 1.29. The minimum Gasteiger partial charge on any atom is -0.497 e. The summed E-state index contributed by atoms with van der Waals surface area (Å²) < 4.78 is 24.1. The highest BCUT2D eigenvalue weighted by atomic mass is 35.5. The van der Waals surface area contributed by atoms with E-state index >= 15 is 0 Å². The third kappa shape index (κ3) is 6.39. The first-order valence-corrected chi connectivity index (χ1v) is 11.2. The van der Waals surface area contributed by atoms with Crippen molar-refractivity contribution in [2.75, 3.05) is 20.5 Å². The van der Waals surface area contributed by atoms with Crippen molar-refractivity contribution < 1.29 is 13.9 Å². The lowest BCUT2D eigenvalue weighted by atomic mass is 10.1. The standard InChI is InChI=1S/C24H24ClFN2O2S/c1-29-20-9-4-17(5-10-20)15-28(16-18-6-11-21(30-2)12-7-18)24(31-3)27-19-8-13-23(26)22(25)14-19/h4-14H,15-16H2,1-3H3. The molecule has 0 aromatic heterocycles. The zero-order valence-corrected chi connectivity index (χ0v) is 19.2. The van der Waals surface area contributed by atoms with Gasteiger partial charge in [0.15, 0.2) is 5.17 Å². The summed E-state index contributed by atoms with van der Waals surface area (Å²) in [4.78, 5) is 6.92. The first kappa shape index (κ1) is 23.0. The van der Waals surface area contributed by atoms with Crippen molar-refractivity contribution in [3.8, 4) is 11.5 Å². The number of benzene rings is 3. The Morgan fingerprint density at radius 3 is 1.84 bits per heavy atom. The van der Waals surface area contributed by atoms with Crippen molar-refractivity contribution in [3.05, 3.63) is 88.7 Å². The van der Waals surface area contributed by atoms with Crippen LogP contribution in [0, 0.1) is 5.82 Å². The lowest BCUT2D eigenvalue weighted by molar-refractivity contribution is 0.405. The Kier molecular flexibility index (Phi) is 8.20. The van der Waals surface area contributed by atoms with Crippen molar-refractivity contribution in [1.82, 2.24) is 4.90 Å². The van der Waals surface area contributed by atoms with Crippen LogP contribution in [0.4, 0.5) is 10.1 Å². The maximum absolute atomic E-state index is 13.6. The van der Waals surface area contributed by atoms with Crippen LogP contribution in [0.1, 0.15) is 11.1 Å². The second-order valence-corrected chi connectivity index (χ2v) is 7.93. The van der Waals surface area contributed by atoms with Crippen molar-refractivity contribution in [2.45, 2.75) is 13.1 Å². The minimum absolute atomic E-state index is 0.0542. The van der Waals surface area contributed by atoms with Gasteiger partial charge in [-0.1, -0.05) is 47.6 Å². The predicted molar refractivity (Wildman–Crippen MR) is 127 cm³/mol. The van der Waals surface area contributed by atoms with E-state index in [9.17, 15) is 4.39 Å². The summed E-state index contributed by atoms with van der Waals surface area (Å²) >= 11 is 7.47. The van der Waals surface area contributed by atoms with Gasteiger partial charge in [-0.3, -0.25) is 0 Å². The second-order valence-electron chi connectivity index (χ2n) is 6.75. The Morgan fingerprint density at radius 1 is 0.903 bits per heavy atom. The maximum atomic E-state index is 13.6. The number of nitrogens with zero attached hydrogens (tertiary/aromatic N) is 2. The molecule has 0 spiro atoms. The van der Waals surface area contributed by atoms with Crippen molar-refractivity contribution >= 4 is 34.2 Å². The predicted octanol–water partition coefficient (Wildman–Crippen LogP) is 6.55. The highest BCUT2D eigenvalue weighted by Gasteiger charge is 2.14. The average molecular weight is 459 g/mol. The molecule has 3 rings (SSSR count). The molecule has 7 heteroatoms. The summed E-state index contributed by atoms with van der Waals surface area (Å²) in [7, 11) is 3.30. The van der Waals surface area contributed by atoms with Crippen LogP contribution in [0.25, 0.3) is 0 Å². The Bertz CT molecular complexity index is 977. The van der Waals surface area contributed by atoms with Crippen LogP contribution in [0.15, 0.2) is 71.7 Å². The van der Waals surface area contributed by atoms with Crippen molar-refractivity contribution in [1.29, 1.82) is 0 Å². The Balaban J connectivity index is 1.92. The quantitative estimate of drug-likeness (QED) is 0.297. The third-order valence-electron chi connectivity index (χ3n) is 4.65. The SMILES string of the molecule is COc1ccc(CN(Cc2ccc(OC)cc2)C(=Nc2ccc(F)c(Cl)c2)SC)cc1. The highest BCUT2D eigenvalue weighted by Crippen LogP contribution is 2.25. The van der Waals surface area contributed by atoms with E-state index < -0.39 is 5.82 Å². The van der Waals surface area contributed by atoms with Crippen LogP contribution in [-0.2, 0) is 13.1 Å². The highest BCUT2D eigenvalue weighted by molar-refractivity contribution is 8.13. The van der Waals surface area contributed by atoms with Crippen LogP contribution in [0.3, 0.4) is 0 Å². The number of aliphatic imine (C=N–C) groups is 1. The molecule has 31 heavy (non-hydrogen) atoms. The van der Waals surface area contributed by atoms with Gasteiger partial charge in [0.05, 0.1) is 24.9 Å². The van der Waals surface area contributed by atoms with E-state index in [4.69, 9.17) is 26.1 Å². The molecule has 162 valence electrons. The summed E-state index contributed by atoms with van der Waals surface area (Å²) in [5, 5.41) is 0.855. The van der Waals surface area contributed by atoms with E-state index in [0.717, 1.165) is 27.8 Å². The van der Waals surface area contributed by atoms with Gasteiger partial charge in [0.2, 0.25) is 0 Å². The largest absolute Gasteiger partial charge is 0.497 e. The van der Waals surface area contributed by atoms with Gasteiger partial charge in [0.1, 0.15) is 17.3 Å². The molecule has 0 amide bonds. The van der Waals surface area contributed by atoms with Crippen molar-refractivity contribution in [3.63, 3.8) is 0 Å². The van der Waals surface area contributed by atoms with E-state index in [1.165, 1.54) is 23.9 Å². The number of amidine groups is 1. The second kappa shape index (κ2) is 11.1. The summed E-state index contributed by atoms with van der Waals surface area (Å²) in [5.41, 5.74) is 2.84. The summed E-state index contributed by atoms with van der Waals surface area (Å²) in [6, 6.07) is 20.4. The third-order valence-corrected chi connectivity index (χ3v) is 5.65. The number of halogens is 2. The molecule has 0 aliphatic carbocycles. The van der Waals surface area contributed by atoms with E-state index in [1.54, 1.807) is 20.3 Å². The van der Waals surface area contributed by atoms with Crippen LogP contribution in [0.2, 0.25) is 5.02 Å². The average Bonchev–Trinajstić information content (AvgIpc) is 2.80. The molecule has 0 aliphatic heterocycles. The molecular weight excluding hydrogens is 435 g/mol. The molecule has 0 radical (unpaired) electrons. The van der Waals surface area contributed by atoms with Gasteiger partial charge in [-0.15, -0.1) is 0 Å². The Labute approximate surface area is 191 Å². The molecule has 3 aromatic rings. The van der Waals surface area contributed by atoms with E-state index in [0.29, 0.717) is 18.8 Å². The van der Waals surface area contributed by atoms with Gasteiger partial charge >= 0.3 is 0 Å². The minimum atomic E-state index is -0.459. The molecule has 0 saturated carbocycles.